The summed E-state index contributed by atoms with van der Waals surface area (Å²) in [5.41, 5.74) is 4.21. The molecule has 0 aliphatic carbocycles. The van der Waals surface area contributed by atoms with Gasteiger partial charge in [0.2, 0.25) is 0 Å². The van der Waals surface area contributed by atoms with Crippen LogP contribution in [0, 0.1) is 13.8 Å². The summed E-state index contributed by atoms with van der Waals surface area (Å²) in [7, 11) is 1.68. The van der Waals surface area contributed by atoms with E-state index >= 15 is 0 Å². The van der Waals surface area contributed by atoms with E-state index in [0.717, 1.165) is 23.4 Å². The molecule has 0 amide bonds. The Kier molecular flexibility index (Phi) is 4.86. The van der Waals surface area contributed by atoms with Crippen LogP contribution in [-0.2, 0) is 6.54 Å². The van der Waals surface area contributed by atoms with Crippen LogP contribution in [0.15, 0.2) is 36.4 Å². The topological polar surface area (TPSA) is 41.5 Å². The van der Waals surface area contributed by atoms with Gasteiger partial charge in [-0.1, -0.05) is 24.3 Å². The monoisotopic (exact) mass is 285 g/mol. The number of phenols is 1. The second-order valence-corrected chi connectivity index (χ2v) is 5.46. The molecule has 21 heavy (non-hydrogen) atoms. The van der Waals surface area contributed by atoms with Crippen LogP contribution in [0.5, 0.6) is 11.5 Å². The number of methoxy groups -OCH3 is 1. The van der Waals surface area contributed by atoms with E-state index in [4.69, 9.17) is 4.74 Å². The molecular formula is C18H23NO2. The van der Waals surface area contributed by atoms with Crippen molar-refractivity contribution in [1.29, 1.82) is 0 Å². The summed E-state index contributed by atoms with van der Waals surface area (Å²) in [6.45, 7) is 6.75. The largest absolute Gasteiger partial charge is 0.507 e. The zero-order chi connectivity index (χ0) is 15.4. The molecule has 0 aliphatic rings. The number of hydrogen-bond donors (Lipinski definition) is 2. The van der Waals surface area contributed by atoms with E-state index in [1.54, 1.807) is 7.11 Å². The first-order chi connectivity index (χ1) is 10.0. The fourth-order valence-electron chi connectivity index (χ4n) is 2.45. The number of rotatable bonds is 5. The lowest BCUT2D eigenvalue weighted by Gasteiger charge is -2.16. The molecule has 112 valence electrons. The summed E-state index contributed by atoms with van der Waals surface area (Å²) < 4.78 is 5.26. The van der Waals surface area contributed by atoms with Crippen molar-refractivity contribution in [1.82, 2.24) is 5.32 Å². The Labute approximate surface area is 126 Å². The normalized spacial score (nSPS) is 12.2. The predicted molar refractivity (Wildman–Crippen MR) is 85.8 cm³/mol. The van der Waals surface area contributed by atoms with Crippen molar-refractivity contribution in [2.24, 2.45) is 0 Å². The quantitative estimate of drug-likeness (QED) is 0.876. The van der Waals surface area contributed by atoms with Crippen LogP contribution in [0.25, 0.3) is 0 Å². The molecule has 3 heteroatoms. The van der Waals surface area contributed by atoms with Gasteiger partial charge in [-0.3, -0.25) is 0 Å². The van der Waals surface area contributed by atoms with Crippen molar-refractivity contribution in [2.45, 2.75) is 33.4 Å². The Bertz CT molecular complexity index is 599. The van der Waals surface area contributed by atoms with Gasteiger partial charge in [-0.05, 0) is 55.2 Å². The van der Waals surface area contributed by atoms with Crippen LogP contribution in [0.4, 0.5) is 0 Å². The van der Waals surface area contributed by atoms with Crippen LogP contribution >= 0.6 is 0 Å². The third-order valence-electron chi connectivity index (χ3n) is 3.76. The molecule has 1 atom stereocenters. The van der Waals surface area contributed by atoms with Gasteiger partial charge in [0.05, 0.1) is 7.11 Å². The van der Waals surface area contributed by atoms with E-state index < -0.39 is 0 Å². The van der Waals surface area contributed by atoms with Gasteiger partial charge in [-0.25, -0.2) is 0 Å². The number of hydrogen-bond acceptors (Lipinski definition) is 3. The SMILES string of the molecule is COc1cccc([C@@H](C)NCc2cc(C)c(O)c(C)c2)c1. The minimum Gasteiger partial charge on any atom is -0.507 e. The Morgan fingerprint density at radius 3 is 2.43 bits per heavy atom. The Morgan fingerprint density at radius 1 is 1.14 bits per heavy atom. The molecule has 0 aliphatic heterocycles. The number of benzene rings is 2. The molecule has 2 N–H and O–H groups in total. The Morgan fingerprint density at radius 2 is 1.81 bits per heavy atom. The lowest BCUT2D eigenvalue weighted by molar-refractivity contribution is 0.413. The van der Waals surface area contributed by atoms with Crippen molar-refractivity contribution in [3.8, 4) is 11.5 Å². The van der Waals surface area contributed by atoms with E-state index in [9.17, 15) is 5.11 Å². The molecule has 0 unspecified atom stereocenters. The van der Waals surface area contributed by atoms with Crippen LogP contribution < -0.4 is 10.1 Å². The zero-order valence-electron chi connectivity index (χ0n) is 13.1. The van der Waals surface area contributed by atoms with Gasteiger partial charge in [0, 0.05) is 12.6 Å². The second kappa shape index (κ2) is 6.64. The minimum absolute atomic E-state index is 0.231. The Hall–Kier alpha value is -2.00. The van der Waals surface area contributed by atoms with Gasteiger partial charge in [0.15, 0.2) is 0 Å². The maximum Gasteiger partial charge on any atom is 0.121 e. The number of phenolic OH excluding ortho intramolecular Hbond substituents is 1. The second-order valence-electron chi connectivity index (χ2n) is 5.46. The van der Waals surface area contributed by atoms with E-state index in [-0.39, 0.29) is 6.04 Å². The molecule has 0 aromatic heterocycles. The third kappa shape index (κ3) is 3.76. The van der Waals surface area contributed by atoms with Crippen molar-refractivity contribution in [3.63, 3.8) is 0 Å². The molecule has 0 heterocycles. The first-order valence-corrected chi connectivity index (χ1v) is 7.17. The molecule has 3 nitrogen and oxygen atoms in total. The summed E-state index contributed by atoms with van der Waals surface area (Å²) in [5, 5.41) is 13.3. The summed E-state index contributed by atoms with van der Waals surface area (Å²) >= 11 is 0. The number of nitrogens with one attached hydrogen (secondary N) is 1. The van der Waals surface area contributed by atoms with Crippen molar-refractivity contribution in [2.75, 3.05) is 7.11 Å². The average Bonchev–Trinajstić information content (AvgIpc) is 2.50. The molecule has 0 spiro atoms. The molecule has 0 radical (unpaired) electrons. The zero-order valence-corrected chi connectivity index (χ0v) is 13.1. The summed E-state index contributed by atoms with van der Waals surface area (Å²) in [6, 6.07) is 12.4. The summed E-state index contributed by atoms with van der Waals surface area (Å²) in [4.78, 5) is 0. The number of aryl methyl sites for hydroxylation is 2. The minimum atomic E-state index is 0.231. The molecule has 0 fully saturated rings. The molecule has 2 aromatic rings. The number of aromatic hydroxyl groups is 1. The van der Waals surface area contributed by atoms with Crippen molar-refractivity contribution < 1.29 is 9.84 Å². The lowest BCUT2D eigenvalue weighted by atomic mass is 10.0. The van der Waals surface area contributed by atoms with Gasteiger partial charge >= 0.3 is 0 Å². The van der Waals surface area contributed by atoms with Crippen LogP contribution in [0.1, 0.15) is 35.2 Å². The molecule has 2 rings (SSSR count). The van der Waals surface area contributed by atoms with Gasteiger partial charge < -0.3 is 15.2 Å². The smallest absolute Gasteiger partial charge is 0.121 e. The predicted octanol–water partition coefficient (Wildman–Crippen LogP) is 3.87. The molecule has 0 saturated heterocycles. The number of ether oxygens (including phenoxy) is 1. The van der Waals surface area contributed by atoms with Gasteiger partial charge in [-0.15, -0.1) is 0 Å². The first-order valence-electron chi connectivity index (χ1n) is 7.17. The van der Waals surface area contributed by atoms with Crippen LogP contribution in [-0.4, -0.2) is 12.2 Å². The highest BCUT2D eigenvalue weighted by molar-refractivity contribution is 5.42. The van der Waals surface area contributed by atoms with E-state index in [1.807, 2.05) is 44.2 Å². The van der Waals surface area contributed by atoms with Crippen LogP contribution in [0.2, 0.25) is 0 Å². The fourth-order valence-corrected chi connectivity index (χ4v) is 2.45. The van der Waals surface area contributed by atoms with Crippen LogP contribution in [0.3, 0.4) is 0 Å². The molecular weight excluding hydrogens is 262 g/mol. The highest BCUT2D eigenvalue weighted by Crippen LogP contribution is 2.24. The van der Waals surface area contributed by atoms with Gasteiger partial charge in [0.1, 0.15) is 11.5 Å². The van der Waals surface area contributed by atoms with Gasteiger partial charge in [0.25, 0.3) is 0 Å². The van der Waals surface area contributed by atoms with E-state index in [0.29, 0.717) is 5.75 Å². The average molecular weight is 285 g/mol. The standard InChI is InChI=1S/C18H23NO2/c1-12-8-15(9-13(2)18(12)20)11-19-14(3)16-6-5-7-17(10-16)21-4/h5-10,14,19-20H,11H2,1-4H3/t14-/m1/s1. The van der Waals surface area contributed by atoms with Crippen molar-refractivity contribution in [3.05, 3.63) is 58.7 Å². The van der Waals surface area contributed by atoms with Gasteiger partial charge in [-0.2, -0.15) is 0 Å². The maximum atomic E-state index is 9.81. The van der Waals surface area contributed by atoms with E-state index in [1.165, 1.54) is 11.1 Å². The van der Waals surface area contributed by atoms with Crippen molar-refractivity contribution >= 4 is 0 Å². The highest BCUT2D eigenvalue weighted by atomic mass is 16.5. The molecule has 0 bridgehead atoms. The third-order valence-corrected chi connectivity index (χ3v) is 3.76. The summed E-state index contributed by atoms with van der Waals surface area (Å²) in [6.07, 6.45) is 0. The fraction of sp³-hybridized carbons (Fsp3) is 0.333. The van der Waals surface area contributed by atoms with E-state index in [2.05, 4.69) is 18.3 Å². The first kappa shape index (κ1) is 15.4. The maximum absolute atomic E-state index is 9.81. The molecule has 2 aromatic carbocycles. The lowest BCUT2D eigenvalue weighted by Crippen LogP contribution is -2.18. The molecule has 0 saturated carbocycles. The Balaban J connectivity index is 2.05. The summed E-state index contributed by atoms with van der Waals surface area (Å²) in [5.74, 6) is 1.26. The highest BCUT2D eigenvalue weighted by Gasteiger charge is 2.08.